The molecule has 0 aromatic carbocycles. The van der Waals surface area contributed by atoms with Crippen LogP contribution < -0.4 is 0 Å². The van der Waals surface area contributed by atoms with Crippen molar-refractivity contribution in [2.75, 3.05) is 19.7 Å². The van der Waals surface area contributed by atoms with Crippen molar-refractivity contribution in [3.05, 3.63) is 0 Å². The lowest BCUT2D eigenvalue weighted by atomic mass is 9.86. The van der Waals surface area contributed by atoms with E-state index in [4.69, 9.17) is 4.74 Å². The van der Waals surface area contributed by atoms with Crippen LogP contribution in [-0.4, -0.2) is 36.1 Å². The third-order valence-electron chi connectivity index (χ3n) is 3.51. The molecule has 0 radical (unpaired) electrons. The maximum atomic E-state index is 11.2. The van der Waals surface area contributed by atoms with Crippen molar-refractivity contribution >= 4 is 5.91 Å². The first kappa shape index (κ1) is 9.97. The number of piperidine rings is 1. The van der Waals surface area contributed by atoms with Crippen molar-refractivity contribution in [1.29, 1.82) is 0 Å². The fourth-order valence-electron chi connectivity index (χ4n) is 2.65. The lowest BCUT2D eigenvalue weighted by Crippen LogP contribution is -2.45. The number of likely N-dealkylation sites (tertiary alicyclic amines) is 1. The van der Waals surface area contributed by atoms with Crippen molar-refractivity contribution < 1.29 is 9.53 Å². The maximum Gasteiger partial charge on any atom is 0.219 e. The van der Waals surface area contributed by atoms with Crippen molar-refractivity contribution in [3.63, 3.8) is 0 Å². The average Bonchev–Trinajstić information content (AvgIpc) is 2.48. The highest BCUT2D eigenvalue weighted by Gasteiger charge is 2.41. The van der Waals surface area contributed by atoms with Gasteiger partial charge in [-0.3, -0.25) is 4.79 Å². The first-order valence-corrected chi connectivity index (χ1v) is 5.51. The number of ether oxygens (including phenoxy) is 1. The molecule has 0 aromatic heterocycles. The minimum atomic E-state index is 0.116. The van der Waals surface area contributed by atoms with Gasteiger partial charge in [0.15, 0.2) is 0 Å². The molecule has 0 N–H and O–H groups in total. The summed E-state index contributed by atoms with van der Waals surface area (Å²) in [5, 5.41) is 0. The van der Waals surface area contributed by atoms with Gasteiger partial charge in [0.25, 0.3) is 0 Å². The largest absolute Gasteiger partial charge is 0.375 e. The van der Waals surface area contributed by atoms with Gasteiger partial charge < -0.3 is 9.64 Å². The summed E-state index contributed by atoms with van der Waals surface area (Å²) in [5.74, 6) is 0.893. The molecule has 2 rings (SSSR count). The van der Waals surface area contributed by atoms with Crippen molar-refractivity contribution in [2.45, 2.75) is 38.7 Å². The van der Waals surface area contributed by atoms with Gasteiger partial charge >= 0.3 is 0 Å². The Labute approximate surface area is 85.4 Å². The smallest absolute Gasteiger partial charge is 0.219 e. The molecule has 2 aliphatic rings. The van der Waals surface area contributed by atoms with Crippen LogP contribution in [0.4, 0.5) is 0 Å². The Morgan fingerprint density at radius 2 is 2.07 bits per heavy atom. The van der Waals surface area contributed by atoms with Crippen LogP contribution in [0.5, 0.6) is 0 Å². The number of amides is 1. The summed E-state index contributed by atoms with van der Waals surface area (Å²) < 4.78 is 5.88. The molecular weight excluding hydrogens is 178 g/mol. The van der Waals surface area contributed by atoms with Gasteiger partial charge in [0.05, 0.1) is 5.60 Å². The van der Waals surface area contributed by atoms with Crippen LogP contribution in [0.15, 0.2) is 0 Å². The molecule has 2 saturated heterocycles. The van der Waals surface area contributed by atoms with Gasteiger partial charge in [-0.05, 0) is 25.2 Å². The van der Waals surface area contributed by atoms with Gasteiger partial charge in [0.2, 0.25) is 5.91 Å². The minimum absolute atomic E-state index is 0.116. The summed E-state index contributed by atoms with van der Waals surface area (Å²) in [6, 6.07) is 0. The Balaban J connectivity index is 1.92. The Morgan fingerprint density at radius 1 is 1.43 bits per heavy atom. The van der Waals surface area contributed by atoms with Crippen LogP contribution in [0.25, 0.3) is 0 Å². The van der Waals surface area contributed by atoms with Crippen LogP contribution in [0.3, 0.4) is 0 Å². The zero-order chi connectivity index (χ0) is 10.2. The molecule has 2 heterocycles. The second-order valence-electron chi connectivity index (χ2n) is 4.81. The molecule has 0 bridgehead atoms. The number of hydrogen-bond acceptors (Lipinski definition) is 2. The average molecular weight is 197 g/mol. The van der Waals surface area contributed by atoms with Gasteiger partial charge in [-0.1, -0.05) is 6.92 Å². The second-order valence-corrected chi connectivity index (χ2v) is 4.81. The zero-order valence-corrected chi connectivity index (χ0v) is 9.08. The van der Waals surface area contributed by atoms with Crippen LogP contribution in [0.2, 0.25) is 0 Å². The molecule has 1 amide bonds. The molecule has 0 aliphatic carbocycles. The molecule has 2 fully saturated rings. The number of carbonyl (C=O) groups is 1. The quantitative estimate of drug-likeness (QED) is 0.588. The number of nitrogens with zero attached hydrogens (tertiary/aromatic N) is 1. The molecule has 3 nitrogen and oxygen atoms in total. The maximum absolute atomic E-state index is 11.2. The molecule has 1 spiro atoms. The lowest BCUT2D eigenvalue weighted by Gasteiger charge is -2.38. The van der Waals surface area contributed by atoms with Crippen molar-refractivity contribution in [3.8, 4) is 0 Å². The summed E-state index contributed by atoms with van der Waals surface area (Å²) in [7, 11) is 0. The van der Waals surface area contributed by atoms with Gasteiger partial charge in [-0.2, -0.15) is 0 Å². The van der Waals surface area contributed by atoms with Crippen LogP contribution >= 0.6 is 0 Å². The summed E-state index contributed by atoms with van der Waals surface area (Å²) in [4.78, 5) is 13.1. The molecule has 0 saturated carbocycles. The van der Waals surface area contributed by atoms with Crippen LogP contribution in [0.1, 0.15) is 33.1 Å². The van der Waals surface area contributed by atoms with Crippen molar-refractivity contribution in [2.24, 2.45) is 5.92 Å². The first-order valence-electron chi connectivity index (χ1n) is 5.51. The molecule has 2 aliphatic heterocycles. The molecular formula is C11H19NO2. The fraction of sp³-hybridized carbons (Fsp3) is 0.909. The predicted octanol–water partition coefficient (Wildman–Crippen LogP) is 1.42. The summed E-state index contributed by atoms with van der Waals surface area (Å²) >= 11 is 0. The van der Waals surface area contributed by atoms with Gasteiger partial charge in [0, 0.05) is 26.6 Å². The minimum Gasteiger partial charge on any atom is -0.375 e. The van der Waals surface area contributed by atoms with E-state index >= 15 is 0 Å². The van der Waals surface area contributed by atoms with Crippen LogP contribution in [-0.2, 0) is 9.53 Å². The Morgan fingerprint density at radius 3 is 2.50 bits per heavy atom. The fourth-order valence-corrected chi connectivity index (χ4v) is 2.65. The normalized spacial score (nSPS) is 31.0. The highest BCUT2D eigenvalue weighted by atomic mass is 16.5. The topological polar surface area (TPSA) is 29.5 Å². The molecule has 0 unspecified atom stereocenters. The molecule has 1 atom stereocenters. The second kappa shape index (κ2) is 3.54. The van der Waals surface area contributed by atoms with Gasteiger partial charge in [-0.15, -0.1) is 0 Å². The van der Waals surface area contributed by atoms with E-state index in [2.05, 4.69) is 6.92 Å². The highest BCUT2D eigenvalue weighted by Crippen LogP contribution is 2.38. The Hall–Kier alpha value is -0.570. The standard InChI is InChI=1S/C11H19NO2/c1-9-7-11(14-8-9)3-5-12(6-4-11)10(2)13/h9H,3-8H2,1-2H3/t9-/m0/s1. The molecule has 80 valence electrons. The van der Waals surface area contributed by atoms with Crippen molar-refractivity contribution in [1.82, 2.24) is 4.90 Å². The predicted molar refractivity (Wildman–Crippen MR) is 54.0 cm³/mol. The van der Waals surface area contributed by atoms with E-state index in [-0.39, 0.29) is 11.5 Å². The van der Waals surface area contributed by atoms with E-state index in [1.165, 1.54) is 6.42 Å². The SMILES string of the molecule is CC(=O)N1CCC2(CC1)C[C@H](C)CO2. The molecule has 3 heteroatoms. The van der Waals surface area contributed by atoms with E-state index in [1.54, 1.807) is 6.92 Å². The third kappa shape index (κ3) is 1.78. The van der Waals surface area contributed by atoms with E-state index in [9.17, 15) is 4.79 Å². The zero-order valence-electron chi connectivity index (χ0n) is 9.08. The summed E-state index contributed by atoms with van der Waals surface area (Å²) in [6.45, 7) is 6.55. The molecule has 0 aromatic rings. The van der Waals surface area contributed by atoms with E-state index < -0.39 is 0 Å². The van der Waals surface area contributed by atoms with Crippen LogP contribution in [0, 0.1) is 5.92 Å². The van der Waals surface area contributed by atoms with E-state index in [1.807, 2.05) is 4.90 Å². The summed E-state index contributed by atoms with van der Waals surface area (Å²) in [5.41, 5.74) is 0.116. The first-order chi connectivity index (χ1) is 6.61. The van der Waals surface area contributed by atoms with E-state index in [0.29, 0.717) is 5.92 Å². The number of carbonyl (C=O) groups excluding carboxylic acids is 1. The highest BCUT2D eigenvalue weighted by molar-refractivity contribution is 5.73. The van der Waals surface area contributed by atoms with Gasteiger partial charge in [-0.25, -0.2) is 0 Å². The Bertz CT molecular complexity index is 231. The monoisotopic (exact) mass is 197 g/mol. The number of rotatable bonds is 0. The third-order valence-corrected chi connectivity index (χ3v) is 3.51. The Kier molecular flexibility index (Phi) is 2.52. The summed E-state index contributed by atoms with van der Waals surface area (Å²) in [6.07, 6.45) is 3.23. The van der Waals surface area contributed by atoms with E-state index in [0.717, 1.165) is 32.5 Å². The van der Waals surface area contributed by atoms with Gasteiger partial charge in [0.1, 0.15) is 0 Å². The lowest BCUT2D eigenvalue weighted by molar-refractivity contribution is -0.133. The molecule has 14 heavy (non-hydrogen) atoms. The number of hydrogen-bond donors (Lipinski definition) is 0.